The highest BCUT2D eigenvalue weighted by molar-refractivity contribution is 8.00. The number of aryl methyl sites for hydroxylation is 1. The summed E-state index contributed by atoms with van der Waals surface area (Å²) < 4.78 is 0. The van der Waals surface area contributed by atoms with E-state index in [1.54, 1.807) is 11.8 Å². The van der Waals surface area contributed by atoms with Gasteiger partial charge in [0.15, 0.2) is 0 Å². The third-order valence-corrected chi connectivity index (χ3v) is 6.50. The SMILES string of the molecule is Cc1ccccc1N1C(=O)CS[C@@H]1c1cccc(NC(=O)C(C)(C)CCl)c1. The molecule has 0 unspecified atom stereocenters. The molecule has 0 bridgehead atoms. The van der Waals surface area contributed by atoms with Gasteiger partial charge in [-0.05, 0) is 50.1 Å². The lowest BCUT2D eigenvalue weighted by molar-refractivity contribution is -0.123. The summed E-state index contributed by atoms with van der Waals surface area (Å²) >= 11 is 7.49. The Balaban J connectivity index is 1.89. The van der Waals surface area contributed by atoms with Crippen LogP contribution in [-0.2, 0) is 9.59 Å². The zero-order chi connectivity index (χ0) is 19.6. The van der Waals surface area contributed by atoms with E-state index in [4.69, 9.17) is 11.6 Å². The van der Waals surface area contributed by atoms with Gasteiger partial charge in [-0.1, -0.05) is 30.3 Å². The lowest BCUT2D eigenvalue weighted by atomic mass is 9.95. The van der Waals surface area contributed by atoms with E-state index in [0.29, 0.717) is 11.4 Å². The first-order chi connectivity index (χ1) is 12.8. The van der Waals surface area contributed by atoms with Gasteiger partial charge in [0.1, 0.15) is 5.37 Å². The molecule has 2 aromatic carbocycles. The second-order valence-electron chi connectivity index (χ2n) is 7.31. The maximum atomic E-state index is 12.6. The quantitative estimate of drug-likeness (QED) is 0.717. The van der Waals surface area contributed by atoms with E-state index in [1.807, 2.05) is 74.2 Å². The fourth-order valence-electron chi connectivity index (χ4n) is 2.90. The molecule has 0 radical (unpaired) electrons. The molecule has 2 amide bonds. The van der Waals surface area contributed by atoms with Crippen molar-refractivity contribution in [1.29, 1.82) is 0 Å². The number of benzene rings is 2. The number of nitrogens with zero attached hydrogens (tertiary/aromatic N) is 1. The molecule has 1 fully saturated rings. The number of carbonyl (C=O) groups excluding carboxylic acids is 2. The first-order valence-electron chi connectivity index (χ1n) is 8.80. The first-order valence-corrected chi connectivity index (χ1v) is 10.4. The van der Waals surface area contributed by atoms with Gasteiger partial charge in [-0.2, -0.15) is 0 Å². The van der Waals surface area contributed by atoms with Gasteiger partial charge in [0.2, 0.25) is 11.8 Å². The fraction of sp³-hybridized carbons (Fsp3) is 0.333. The zero-order valence-electron chi connectivity index (χ0n) is 15.7. The molecule has 0 aromatic heterocycles. The number of amides is 2. The Morgan fingerprint density at radius 2 is 2.00 bits per heavy atom. The minimum Gasteiger partial charge on any atom is -0.326 e. The molecule has 1 heterocycles. The Morgan fingerprint density at radius 3 is 2.70 bits per heavy atom. The van der Waals surface area contributed by atoms with Crippen LogP contribution in [-0.4, -0.2) is 23.4 Å². The van der Waals surface area contributed by atoms with E-state index < -0.39 is 5.41 Å². The average Bonchev–Trinajstić information content (AvgIpc) is 3.03. The van der Waals surface area contributed by atoms with Gasteiger partial charge in [-0.25, -0.2) is 0 Å². The fourth-order valence-corrected chi connectivity index (χ4v) is 4.18. The smallest absolute Gasteiger partial charge is 0.238 e. The number of alkyl halides is 1. The van der Waals surface area contributed by atoms with Gasteiger partial charge < -0.3 is 5.32 Å². The molecule has 27 heavy (non-hydrogen) atoms. The molecular formula is C21H23ClN2O2S. The maximum absolute atomic E-state index is 12.6. The predicted octanol–water partition coefficient (Wildman–Crippen LogP) is 4.98. The highest BCUT2D eigenvalue weighted by Crippen LogP contribution is 2.43. The number of carbonyl (C=O) groups is 2. The molecule has 1 aliphatic heterocycles. The minimum atomic E-state index is -0.650. The number of nitrogens with one attached hydrogen (secondary N) is 1. The van der Waals surface area contributed by atoms with Gasteiger partial charge in [0.05, 0.1) is 11.2 Å². The summed E-state index contributed by atoms with van der Waals surface area (Å²) in [5, 5.41) is 2.82. The largest absolute Gasteiger partial charge is 0.326 e. The van der Waals surface area contributed by atoms with Crippen LogP contribution in [0.5, 0.6) is 0 Å². The van der Waals surface area contributed by atoms with Crippen LogP contribution in [0.3, 0.4) is 0 Å². The highest BCUT2D eigenvalue weighted by Gasteiger charge is 2.35. The van der Waals surface area contributed by atoms with Crippen LogP contribution >= 0.6 is 23.4 Å². The van der Waals surface area contributed by atoms with Crippen molar-refractivity contribution >= 4 is 46.6 Å². The second kappa shape index (κ2) is 7.95. The molecule has 0 saturated carbocycles. The van der Waals surface area contributed by atoms with E-state index in [2.05, 4.69) is 5.32 Å². The molecule has 1 aliphatic rings. The summed E-state index contributed by atoms with van der Waals surface area (Å²) in [5.41, 5.74) is 3.03. The lowest BCUT2D eigenvalue weighted by Crippen LogP contribution is -2.32. The van der Waals surface area contributed by atoms with Crippen molar-refractivity contribution in [1.82, 2.24) is 0 Å². The van der Waals surface area contributed by atoms with Crippen LogP contribution in [0.25, 0.3) is 0 Å². The zero-order valence-corrected chi connectivity index (χ0v) is 17.2. The minimum absolute atomic E-state index is 0.0945. The highest BCUT2D eigenvalue weighted by atomic mass is 35.5. The average molecular weight is 403 g/mol. The normalized spacial score (nSPS) is 17.3. The van der Waals surface area contributed by atoms with Gasteiger partial charge in [0.25, 0.3) is 0 Å². The third kappa shape index (κ3) is 4.14. The molecule has 1 N–H and O–H groups in total. The summed E-state index contributed by atoms with van der Waals surface area (Å²) in [6.45, 7) is 5.63. The predicted molar refractivity (Wildman–Crippen MR) is 113 cm³/mol. The van der Waals surface area contributed by atoms with E-state index in [1.165, 1.54) is 0 Å². The molecule has 0 aliphatic carbocycles. The van der Waals surface area contributed by atoms with Crippen molar-refractivity contribution in [3.8, 4) is 0 Å². The van der Waals surface area contributed by atoms with Crippen LogP contribution in [0.1, 0.15) is 30.3 Å². The Labute approximate surface area is 169 Å². The van der Waals surface area contributed by atoms with Crippen molar-refractivity contribution in [2.24, 2.45) is 5.41 Å². The Bertz CT molecular complexity index is 869. The lowest BCUT2D eigenvalue weighted by Gasteiger charge is -2.26. The van der Waals surface area contributed by atoms with Crippen LogP contribution in [0.2, 0.25) is 0 Å². The van der Waals surface area contributed by atoms with E-state index in [9.17, 15) is 9.59 Å². The van der Waals surface area contributed by atoms with Gasteiger partial charge in [-0.3, -0.25) is 14.5 Å². The Morgan fingerprint density at radius 1 is 1.26 bits per heavy atom. The number of halogens is 1. The van der Waals surface area contributed by atoms with Crippen molar-refractivity contribution in [3.63, 3.8) is 0 Å². The molecule has 1 atom stereocenters. The van der Waals surface area contributed by atoms with E-state index in [0.717, 1.165) is 16.8 Å². The molecule has 3 rings (SSSR count). The number of para-hydroxylation sites is 1. The number of anilines is 2. The summed E-state index contributed by atoms with van der Waals surface area (Å²) in [7, 11) is 0. The van der Waals surface area contributed by atoms with Crippen LogP contribution < -0.4 is 10.2 Å². The van der Waals surface area contributed by atoms with Crippen molar-refractivity contribution < 1.29 is 9.59 Å². The number of hydrogen-bond donors (Lipinski definition) is 1. The number of thioether (sulfide) groups is 1. The van der Waals surface area contributed by atoms with Crippen LogP contribution in [0, 0.1) is 12.3 Å². The number of hydrogen-bond acceptors (Lipinski definition) is 3. The number of rotatable bonds is 5. The molecule has 6 heteroatoms. The summed E-state index contributed by atoms with van der Waals surface area (Å²) in [4.78, 5) is 26.8. The van der Waals surface area contributed by atoms with E-state index >= 15 is 0 Å². The molecule has 0 spiro atoms. The Kier molecular flexibility index (Phi) is 5.82. The summed E-state index contributed by atoms with van der Waals surface area (Å²) in [5.74, 6) is 0.652. The van der Waals surface area contributed by atoms with Gasteiger partial charge in [-0.15, -0.1) is 23.4 Å². The van der Waals surface area contributed by atoms with Gasteiger partial charge in [0, 0.05) is 17.3 Å². The molecule has 1 saturated heterocycles. The maximum Gasteiger partial charge on any atom is 0.238 e. The van der Waals surface area contributed by atoms with Gasteiger partial charge >= 0.3 is 0 Å². The second-order valence-corrected chi connectivity index (χ2v) is 8.65. The molecule has 4 nitrogen and oxygen atoms in total. The van der Waals surface area contributed by atoms with E-state index in [-0.39, 0.29) is 23.1 Å². The standard InChI is InChI=1S/C21H23ClN2O2S/c1-14-7-4-5-10-17(14)24-18(25)12-27-19(24)15-8-6-9-16(11-15)23-20(26)21(2,3)13-22/h4-11,19H,12-13H2,1-3H3,(H,23,26)/t19-/m1/s1. The first kappa shape index (κ1) is 19.8. The molecule has 142 valence electrons. The topological polar surface area (TPSA) is 49.4 Å². The Hall–Kier alpha value is -1.98. The van der Waals surface area contributed by atoms with Crippen molar-refractivity contribution in [2.45, 2.75) is 26.1 Å². The van der Waals surface area contributed by atoms with Crippen LogP contribution in [0.4, 0.5) is 11.4 Å². The van der Waals surface area contributed by atoms with Crippen LogP contribution in [0.15, 0.2) is 48.5 Å². The summed E-state index contributed by atoms with van der Waals surface area (Å²) in [6.07, 6.45) is 0. The molecular weight excluding hydrogens is 380 g/mol. The van der Waals surface area contributed by atoms with Crippen molar-refractivity contribution in [2.75, 3.05) is 21.8 Å². The monoisotopic (exact) mass is 402 g/mol. The molecule has 2 aromatic rings. The summed E-state index contributed by atoms with van der Waals surface area (Å²) in [6, 6.07) is 15.6. The van der Waals surface area contributed by atoms with Crippen molar-refractivity contribution in [3.05, 3.63) is 59.7 Å². The third-order valence-electron chi connectivity index (χ3n) is 4.62.